The van der Waals surface area contributed by atoms with Gasteiger partial charge >= 0.3 is 0 Å². The van der Waals surface area contributed by atoms with Crippen LogP contribution in [0.1, 0.15) is 57.2 Å². The van der Waals surface area contributed by atoms with Crippen LogP contribution in [0.15, 0.2) is 0 Å². The standard InChI is InChI=1S/C12H18N2OS/c1-5-6-7-8-9(15)10-11(12(2,3)4)13-14-16-10/h9,15H,7-8H2,1-4H3. The minimum absolute atomic E-state index is 0.0697. The van der Waals surface area contributed by atoms with E-state index in [0.29, 0.717) is 12.8 Å². The molecule has 0 amide bonds. The Morgan fingerprint density at radius 2 is 2.12 bits per heavy atom. The highest BCUT2D eigenvalue weighted by Gasteiger charge is 2.25. The molecule has 1 rings (SSSR count). The summed E-state index contributed by atoms with van der Waals surface area (Å²) in [6, 6.07) is 0. The summed E-state index contributed by atoms with van der Waals surface area (Å²) in [4.78, 5) is 0.880. The van der Waals surface area contributed by atoms with Crippen LogP contribution in [0.5, 0.6) is 0 Å². The number of aliphatic hydroxyl groups excluding tert-OH is 1. The first-order valence-corrected chi connectivity index (χ1v) is 6.14. The van der Waals surface area contributed by atoms with Crippen molar-refractivity contribution in [2.24, 2.45) is 0 Å². The zero-order valence-corrected chi connectivity index (χ0v) is 11.1. The van der Waals surface area contributed by atoms with Gasteiger partial charge in [0.1, 0.15) is 0 Å². The summed E-state index contributed by atoms with van der Waals surface area (Å²) in [5.74, 6) is 5.78. The fraction of sp³-hybridized carbons (Fsp3) is 0.667. The highest BCUT2D eigenvalue weighted by Crippen LogP contribution is 2.31. The third kappa shape index (κ3) is 3.29. The fourth-order valence-corrected chi connectivity index (χ4v) is 2.28. The maximum atomic E-state index is 10.0. The lowest BCUT2D eigenvalue weighted by molar-refractivity contribution is 0.170. The van der Waals surface area contributed by atoms with Crippen molar-refractivity contribution in [1.82, 2.24) is 9.59 Å². The summed E-state index contributed by atoms with van der Waals surface area (Å²) in [5, 5.41) is 14.2. The Hall–Kier alpha value is -0.920. The predicted octanol–water partition coefficient (Wildman–Crippen LogP) is 2.67. The molecule has 0 bridgehead atoms. The first-order valence-electron chi connectivity index (χ1n) is 5.37. The highest BCUT2D eigenvalue weighted by atomic mass is 32.1. The summed E-state index contributed by atoms with van der Waals surface area (Å²) in [5.41, 5.74) is 0.828. The maximum Gasteiger partial charge on any atom is 0.0926 e. The Morgan fingerprint density at radius 1 is 1.44 bits per heavy atom. The van der Waals surface area contributed by atoms with Gasteiger partial charge in [-0.1, -0.05) is 25.3 Å². The lowest BCUT2D eigenvalue weighted by atomic mass is 9.90. The van der Waals surface area contributed by atoms with E-state index in [1.807, 2.05) is 0 Å². The van der Waals surface area contributed by atoms with Crippen molar-refractivity contribution in [2.75, 3.05) is 0 Å². The van der Waals surface area contributed by atoms with Crippen molar-refractivity contribution in [2.45, 2.75) is 52.1 Å². The van der Waals surface area contributed by atoms with Gasteiger partial charge in [-0.05, 0) is 24.9 Å². The van der Waals surface area contributed by atoms with E-state index in [4.69, 9.17) is 0 Å². The van der Waals surface area contributed by atoms with Gasteiger partial charge in [-0.3, -0.25) is 0 Å². The van der Waals surface area contributed by atoms with E-state index in [0.717, 1.165) is 10.6 Å². The van der Waals surface area contributed by atoms with Crippen molar-refractivity contribution in [3.05, 3.63) is 10.6 Å². The van der Waals surface area contributed by atoms with Crippen molar-refractivity contribution >= 4 is 11.5 Å². The maximum absolute atomic E-state index is 10.0. The molecule has 0 aromatic carbocycles. The van der Waals surface area contributed by atoms with Gasteiger partial charge in [0.2, 0.25) is 0 Å². The topological polar surface area (TPSA) is 46.0 Å². The molecule has 0 fully saturated rings. The van der Waals surface area contributed by atoms with Gasteiger partial charge in [-0.2, -0.15) is 0 Å². The summed E-state index contributed by atoms with van der Waals surface area (Å²) >= 11 is 1.28. The Morgan fingerprint density at radius 3 is 2.69 bits per heavy atom. The molecule has 1 aromatic heterocycles. The monoisotopic (exact) mass is 238 g/mol. The number of aromatic nitrogens is 2. The van der Waals surface area contributed by atoms with Crippen LogP contribution in [0.3, 0.4) is 0 Å². The lowest BCUT2D eigenvalue weighted by Crippen LogP contribution is -2.15. The van der Waals surface area contributed by atoms with Crippen molar-refractivity contribution in [3.63, 3.8) is 0 Å². The fourth-order valence-electron chi connectivity index (χ4n) is 1.40. The van der Waals surface area contributed by atoms with Crippen LogP contribution in [-0.2, 0) is 5.41 Å². The SMILES string of the molecule is CC#CCCC(O)c1snnc1C(C)(C)C. The van der Waals surface area contributed by atoms with Crippen molar-refractivity contribution < 1.29 is 5.11 Å². The molecule has 0 aliphatic rings. The molecule has 0 aliphatic carbocycles. The number of hydrogen-bond acceptors (Lipinski definition) is 4. The Balaban J connectivity index is 2.78. The van der Waals surface area contributed by atoms with E-state index < -0.39 is 6.10 Å². The Labute approximate surface area is 101 Å². The lowest BCUT2D eigenvalue weighted by Gasteiger charge is -2.18. The van der Waals surface area contributed by atoms with E-state index >= 15 is 0 Å². The zero-order valence-electron chi connectivity index (χ0n) is 10.2. The smallest absolute Gasteiger partial charge is 0.0926 e. The van der Waals surface area contributed by atoms with Gasteiger partial charge < -0.3 is 5.11 Å². The van der Waals surface area contributed by atoms with Crippen LogP contribution >= 0.6 is 11.5 Å². The van der Waals surface area contributed by atoms with Crippen LogP contribution in [-0.4, -0.2) is 14.7 Å². The second-order valence-corrected chi connectivity index (χ2v) is 5.50. The van der Waals surface area contributed by atoms with Crippen LogP contribution < -0.4 is 0 Å². The van der Waals surface area contributed by atoms with Crippen LogP contribution in [0.4, 0.5) is 0 Å². The normalized spacial score (nSPS) is 13.1. The van der Waals surface area contributed by atoms with E-state index in [2.05, 4.69) is 42.2 Å². The summed E-state index contributed by atoms with van der Waals surface area (Å²) in [7, 11) is 0. The molecule has 0 radical (unpaired) electrons. The minimum atomic E-state index is -0.491. The number of hydrogen-bond donors (Lipinski definition) is 1. The van der Waals surface area contributed by atoms with Gasteiger partial charge in [0.25, 0.3) is 0 Å². The largest absolute Gasteiger partial charge is 0.387 e. The van der Waals surface area contributed by atoms with E-state index in [-0.39, 0.29) is 5.41 Å². The summed E-state index contributed by atoms with van der Waals surface area (Å²) in [6.07, 6.45) is 0.863. The van der Waals surface area contributed by atoms with Gasteiger partial charge in [0, 0.05) is 11.8 Å². The highest BCUT2D eigenvalue weighted by molar-refractivity contribution is 7.05. The average Bonchev–Trinajstić information content (AvgIpc) is 2.65. The molecule has 1 unspecified atom stereocenters. The van der Waals surface area contributed by atoms with Gasteiger partial charge in [-0.15, -0.1) is 16.9 Å². The molecule has 0 aliphatic heterocycles. The summed E-state index contributed by atoms with van der Waals surface area (Å²) < 4.78 is 3.93. The molecule has 0 spiro atoms. The number of aliphatic hydroxyl groups is 1. The number of nitrogens with zero attached hydrogens (tertiary/aromatic N) is 2. The van der Waals surface area contributed by atoms with Gasteiger partial charge in [0.15, 0.2) is 0 Å². The average molecular weight is 238 g/mol. The second-order valence-electron chi connectivity index (χ2n) is 4.72. The molecule has 3 nitrogen and oxygen atoms in total. The first-order chi connectivity index (χ1) is 7.46. The molecule has 0 saturated carbocycles. The molecular weight excluding hydrogens is 220 g/mol. The Kier molecular flexibility index (Phi) is 4.45. The zero-order chi connectivity index (χ0) is 12.2. The molecule has 88 valence electrons. The molecule has 1 atom stereocenters. The molecule has 1 N–H and O–H groups in total. The molecule has 0 saturated heterocycles. The quantitative estimate of drug-likeness (QED) is 0.823. The van der Waals surface area contributed by atoms with Crippen molar-refractivity contribution in [1.29, 1.82) is 0 Å². The van der Waals surface area contributed by atoms with E-state index in [9.17, 15) is 5.11 Å². The summed E-state index contributed by atoms with van der Waals surface area (Å²) in [6.45, 7) is 8.03. The van der Waals surface area contributed by atoms with E-state index in [1.54, 1.807) is 6.92 Å². The molecule has 1 heterocycles. The predicted molar refractivity (Wildman–Crippen MR) is 66.3 cm³/mol. The third-order valence-corrected chi connectivity index (χ3v) is 3.07. The molecule has 4 heteroatoms. The molecule has 16 heavy (non-hydrogen) atoms. The van der Waals surface area contributed by atoms with Crippen LogP contribution in [0, 0.1) is 11.8 Å². The second kappa shape index (κ2) is 5.42. The van der Waals surface area contributed by atoms with Crippen LogP contribution in [0.2, 0.25) is 0 Å². The third-order valence-electron chi connectivity index (χ3n) is 2.25. The van der Waals surface area contributed by atoms with Gasteiger partial charge in [-0.25, -0.2) is 0 Å². The first kappa shape index (κ1) is 13.1. The molecular formula is C12H18N2OS. The number of rotatable bonds is 3. The minimum Gasteiger partial charge on any atom is -0.387 e. The van der Waals surface area contributed by atoms with Crippen LogP contribution in [0.25, 0.3) is 0 Å². The van der Waals surface area contributed by atoms with Gasteiger partial charge in [0.05, 0.1) is 16.7 Å². The molecule has 1 aromatic rings. The Bertz CT molecular complexity index is 395. The van der Waals surface area contributed by atoms with Crippen molar-refractivity contribution in [3.8, 4) is 11.8 Å². The van der Waals surface area contributed by atoms with E-state index in [1.165, 1.54) is 11.5 Å².